The van der Waals surface area contributed by atoms with Gasteiger partial charge in [-0.1, -0.05) is 13.2 Å². The van der Waals surface area contributed by atoms with Gasteiger partial charge in [-0.25, -0.2) is 9.59 Å². The van der Waals surface area contributed by atoms with Crippen molar-refractivity contribution >= 4 is 20.7 Å². The van der Waals surface area contributed by atoms with Crippen molar-refractivity contribution in [3.63, 3.8) is 0 Å². The van der Waals surface area contributed by atoms with E-state index < -0.39 is 8.80 Å². The van der Waals surface area contributed by atoms with Crippen molar-refractivity contribution in [3.05, 3.63) is 24.8 Å². The minimum absolute atomic E-state index is 0.316. The Bertz CT molecular complexity index is 429. The van der Waals surface area contributed by atoms with Gasteiger partial charge in [0.05, 0.1) is 6.61 Å². The van der Waals surface area contributed by atoms with Crippen molar-refractivity contribution in [2.24, 2.45) is 0 Å². The van der Waals surface area contributed by atoms with Crippen LogP contribution in [0.2, 0.25) is 6.04 Å². The molecule has 0 atom stereocenters. The van der Waals surface area contributed by atoms with Crippen molar-refractivity contribution in [1.29, 1.82) is 0 Å². The zero-order valence-electron chi connectivity index (χ0n) is 16.8. The summed E-state index contributed by atoms with van der Waals surface area (Å²) < 4.78 is 25.3. The Labute approximate surface area is 158 Å². The molecule has 8 nitrogen and oxygen atoms in total. The first-order valence-electron chi connectivity index (χ1n) is 8.10. The number of likely N-dealkylation sites (N-methyl/N-ethyl adjacent to an activating group) is 1. The zero-order chi connectivity index (χ0) is 20.6. The molecule has 0 heterocycles. The molecule has 0 N–H and O–H groups in total. The maximum absolute atomic E-state index is 11.1. The zero-order valence-corrected chi connectivity index (χ0v) is 17.8. The third kappa shape index (κ3) is 13.7. The number of ether oxygens (including phenoxy) is 2. The summed E-state index contributed by atoms with van der Waals surface area (Å²) in [5.74, 6) is -0.735. The number of nitrogens with zero attached hydrogens (tertiary/aromatic N) is 1. The summed E-state index contributed by atoms with van der Waals surface area (Å²) in [5, 5.41) is 0. The summed E-state index contributed by atoms with van der Waals surface area (Å²) in [6.45, 7) is 9.87. The normalized spacial score (nSPS) is 10.6. The van der Waals surface area contributed by atoms with Crippen LogP contribution in [0.1, 0.15) is 13.3 Å². The first-order chi connectivity index (χ1) is 12.2. The molecule has 0 saturated carbocycles. The average Bonchev–Trinajstić information content (AvgIpc) is 2.62. The monoisotopic (exact) mass is 391 g/mol. The van der Waals surface area contributed by atoms with Crippen LogP contribution in [0.15, 0.2) is 24.8 Å². The molecule has 26 heavy (non-hydrogen) atoms. The van der Waals surface area contributed by atoms with Crippen LogP contribution < -0.4 is 0 Å². The van der Waals surface area contributed by atoms with Gasteiger partial charge in [0.15, 0.2) is 0 Å². The fourth-order valence-electron chi connectivity index (χ4n) is 1.52. The number of hydrogen-bond acceptors (Lipinski definition) is 8. The standard InChI is InChI=1S/C10H20O5Si.C7H13NO2/c1-9(2)10(11)15-7-6-8-16(12-3,13-4)14-5;1-4-7(9)10-6-5-8(2)3/h1,6-8H2,2-5H3;4H,1,5-6H2,2-3H3. The lowest BCUT2D eigenvalue weighted by molar-refractivity contribution is -0.139. The predicted octanol–water partition coefficient (Wildman–Crippen LogP) is 1.65. The van der Waals surface area contributed by atoms with Gasteiger partial charge in [-0.3, -0.25) is 0 Å². The molecule has 0 radical (unpaired) electrons. The van der Waals surface area contributed by atoms with Gasteiger partial charge in [0.25, 0.3) is 0 Å². The number of hydrogen-bond donors (Lipinski definition) is 0. The molecule has 0 aromatic rings. The van der Waals surface area contributed by atoms with Gasteiger partial charge in [0.2, 0.25) is 0 Å². The second kappa shape index (κ2) is 15.7. The SMILES string of the molecule is C=C(C)C(=O)OCCC[Si](OC)(OC)OC.C=CC(=O)OCCN(C)C. The summed E-state index contributed by atoms with van der Waals surface area (Å²) in [6.07, 6.45) is 1.80. The smallest absolute Gasteiger partial charge is 0.462 e. The van der Waals surface area contributed by atoms with Gasteiger partial charge in [-0.15, -0.1) is 0 Å². The topological polar surface area (TPSA) is 83.5 Å². The van der Waals surface area contributed by atoms with Gasteiger partial charge in [0.1, 0.15) is 6.61 Å². The Morgan fingerprint density at radius 1 is 1.04 bits per heavy atom. The summed E-state index contributed by atoms with van der Waals surface area (Å²) >= 11 is 0. The number of rotatable bonds is 12. The molecule has 9 heteroatoms. The Kier molecular flexibility index (Phi) is 16.1. The molecule has 0 aromatic heterocycles. The summed E-state index contributed by atoms with van der Waals surface area (Å²) in [4.78, 5) is 23.4. The molecule has 0 spiro atoms. The van der Waals surface area contributed by atoms with Crippen LogP contribution in [0.4, 0.5) is 0 Å². The average molecular weight is 392 g/mol. The quantitative estimate of drug-likeness (QED) is 0.215. The van der Waals surface area contributed by atoms with E-state index in [0.717, 1.165) is 12.6 Å². The van der Waals surface area contributed by atoms with Crippen LogP contribution in [0, 0.1) is 0 Å². The molecule has 0 fully saturated rings. The molecular weight excluding hydrogens is 358 g/mol. The first-order valence-corrected chi connectivity index (χ1v) is 10.0. The Morgan fingerprint density at radius 2 is 1.58 bits per heavy atom. The second-order valence-corrected chi connectivity index (χ2v) is 8.58. The molecular formula is C17H33NO7Si. The van der Waals surface area contributed by atoms with Crippen LogP contribution in [0.3, 0.4) is 0 Å². The summed E-state index contributed by atoms with van der Waals surface area (Å²) in [7, 11) is 5.97. The van der Waals surface area contributed by atoms with Gasteiger partial charge in [-0.05, 0) is 27.4 Å². The molecule has 0 aliphatic carbocycles. The van der Waals surface area contributed by atoms with Crippen molar-refractivity contribution in [1.82, 2.24) is 4.90 Å². The van der Waals surface area contributed by atoms with E-state index in [0.29, 0.717) is 31.3 Å². The van der Waals surface area contributed by atoms with Crippen LogP contribution >= 0.6 is 0 Å². The third-order valence-electron chi connectivity index (χ3n) is 3.09. The highest BCUT2D eigenvalue weighted by molar-refractivity contribution is 6.60. The first kappa shape index (κ1) is 26.7. The minimum Gasteiger partial charge on any atom is -0.462 e. The Hall–Kier alpha value is -1.52. The van der Waals surface area contributed by atoms with Crippen LogP contribution in [0.5, 0.6) is 0 Å². The van der Waals surface area contributed by atoms with E-state index in [2.05, 4.69) is 13.2 Å². The van der Waals surface area contributed by atoms with Gasteiger partial charge in [-0.2, -0.15) is 0 Å². The van der Waals surface area contributed by atoms with E-state index in [1.807, 2.05) is 19.0 Å². The highest BCUT2D eigenvalue weighted by Gasteiger charge is 2.36. The molecule has 0 saturated heterocycles. The molecule has 0 aromatic carbocycles. The number of carbonyl (C=O) groups is 2. The molecule has 0 amide bonds. The second-order valence-electron chi connectivity index (χ2n) is 5.49. The molecule has 0 aliphatic rings. The maximum atomic E-state index is 11.1. The third-order valence-corrected chi connectivity index (χ3v) is 5.92. The van der Waals surface area contributed by atoms with E-state index >= 15 is 0 Å². The number of carbonyl (C=O) groups excluding carboxylic acids is 2. The molecule has 0 aliphatic heterocycles. The summed E-state index contributed by atoms with van der Waals surface area (Å²) in [6, 6.07) is 0.611. The van der Waals surface area contributed by atoms with Crippen molar-refractivity contribution in [2.75, 3.05) is 55.2 Å². The summed E-state index contributed by atoms with van der Waals surface area (Å²) in [5.41, 5.74) is 0.397. The van der Waals surface area contributed by atoms with Gasteiger partial charge in [0, 0.05) is 45.6 Å². The fourth-order valence-corrected chi connectivity index (χ4v) is 3.21. The molecule has 152 valence electrons. The fraction of sp³-hybridized carbons (Fsp3) is 0.647. The van der Waals surface area contributed by atoms with E-state index in [1.165, 1.54) is 0 Å². The van der Waals surface area contributed by atoms with Crippen molar-refractivity contribution < 1.29 is 32.3 Å². The lowest BCUT2D eigenvalue weighted by Crippen LogP contribution is -2.42. The Balaban J connectivity index is 0. The van der Waals surface area contributed by atoms with Crippen LogP contribution in [0.25, 0.3) is 0 Å². The predicted molar refractivity (Wildman–Crippen MR) is 102 cm³/mol. The largest absolute Gasteiger partial charge is 0.500 e. The van der Waals surface area contributed by atoms with E-state index in [9.17, 15) is 9.59 Å². The van der Waals surface area contributed by atoms with Crippen molar-refractivity contribution in [2.45, 2.75) is 19.4 Å². The Morgan fingerprint density at radius 3 is 1.96 bits per heavy atom. The lowest BCUT2D eigenvalue weighted by Gasteiger charge is -2.24. The molecule has 0 unspecified atom stereocenters. The van der Waals surface area contributed by atoms with E-state index in [1.54, 1.807) is 28.3 Å². The molecule has 0 bridgehead atoms. The van der Waals surface area contributed by atoms with E-state index in [-0.39, 0.29) is 11.9 Å². The van der Waals surface area contributed by atoms with Gasteiger partial charge < -0.3 is 27.7 Å². The van der Waals surface area contributed by atoms with Crippen LogP contribution in [-0.2, 0) is 32.3 Å². The van der Waals surface area contributed by atoms with E-state index in [4.69, 9.17) is 22.8 Å². The molecule has 0 rings (SSSR count). The minimum atomic E-state index is -2.53. The maximum Gasteiger partial charge on any atom is 0.500 e. The highest BCUT2D eigenvalue weighted by atomic mass is 28.4. The van der Waals surface area contributed by atoms with Crippen LogP contribution in [-0.4, -0.2) is 80.8 Å². The lowest BCUT2D eigenvalue weighted by atomic mass is 10.4. The highest BCUT2D eigenvalue weighted by Crippen LogP contribution is 2.14. The number of esters is 2. The van der Waals surface area contributed by atoms with Crippen molar-refractivity contribution in [3.8, 4) is 0 Å². The van der Waals surface area contributed by atoms with Gasteiger partial charge >= 0.3 is 20.7 Å².